The molecule has 0 aliphatic carbocycles. The number of likely N-dealkylation sites (tertiary alicyclic amines) is 1. The molecule has 1 unspecified atom stereocenters. The predicted octanol–water partition coefficient (Wildman–Crippen LogP) is 2.58. The first kappa shape index (κ1) is 10.7. The van der Waals surface area contributed by atoms with Gasteiger partial charge in [0.15, 0.2) is 0 Å². The minimum atomic E-state index is -0.250. The molecule has 1 amide bonds. The molecule has 0 bridgehead atoms. The number of ether oxygens (including phenoxy) is 1. The van der Waals surface area contributed by atoms with Crippen LogP contribution in [-0.2, 0) is 11.3 Å². The molecule has 2 rings (SSSR count). The van der Waals surface area contributed by atoms with E-state index in [4.69, 9.17) is 4.74 Å². The van der Waals surface area contributed by atoms with Gasteiger partial charge in [-0.1, -0.05) is 36.4 Å². The summed E-state index contributed by atoms with van der Waals surface area (Å²) in [5.41, 5.74) is 1.01. The molecule has 1 aromatic carbocycles. The van der Waals surface area contributed by atoms with Crippen molar-refractivity contribution in [2.45, 2.75) is 19.1 Å². The lowest BCUT2D eigenvalue weighted by Crippen LogP contribution is -2.50. The van der Waals surface area contributed by atoms with E-state index in [0.29, 0.717) is 6.61 Å². The van der Waals surface area contributed by atoms with Gasteiger partial charge in [0.2, 0.25) is 0 Å². The number of carbonyl (C=O) groups excluding carboxylic acids is 1. The molecule has 1 aromatic rings. The maximum Gasteiger partial charge on any atom is 0.410 e. The molecule has 1 fully saturated rings. The van der Waals surface area contributed by atoms with Gasteiger partial charge in [-0.3, -0.25) is 0 Å². The van der Waals surface area contributed by atoms with E-state index in [1.807, 2.05) is 30.3 Å². The fourth-order valence-corrected chi connectivity index (χ4v) is 1.68. The summed E-state index contributed by atoms with van der Waals surface area (Å²) in [5, 5.41) is 0. The van der Waals surface area contributed by atoms with Gasteiger partial charge in [0.1, 0.15) is 6.61 Å². The van der Waals surface area contributed by atoms with Crippen LogP contribution >= 0.6 is 0 Å². The van der Waals surface area contributed by atoms with Crippen LogP contribution in [0.2, 0.25) is 0 Å². The van der Waals surface area contributed by atoms with Crippen LogP contribution in [0.25, 0.3) is 0 Å². The number of hydrogen-bond donors (Lipinski definition) is 0. The van der Waals surface area contributed by atoms with Gasteiger partial charge in [-0.05, 0) is 12.0 Å². The summed E-state index contributed by atoms with van der Waals surface area (Å²) < 4.78 is 5.20. The van der Waals surface area contributed by atoms with E-state index in [9.17, 15) is 4.79 Å². The lowest BCUT2D eigenvalue weighted by molar-refractivity contribution is 0.0577. The number of benzene rings is 1. The molecule has 84 valence electrons. The maximum atomic E-state index is 11.6. The molecule has 1 aliphatic heterocycles. The van der Waals surface area contributed by atoms with E-state index >= 15 is 0 Å². The zero-order valence-electron chi connectivity index (χ0n) is 9.13. The van der Waals surface area contributed by atoms with Crippen LogP contribution < -0.4 is 0 Å². The van der Waals surface area contributed by atoms with Gasteiger partial charge >= 0.3 is 6.09 Å². The van der Waals surface area contributed by atoms with Gasteiger partial charge in [0, 0.05) is 6.54 Å². The molecule has 0 aromatic heterocycles. The summed E-state index contributed by atoms with van der Waals surface area (Å²) in [6, 6.07) is 9.83. The molecule has 1 aliphatic rings. The van der Waals surface area contributed by atoms with E-state index in [1.165, 1.54) is 0 Å². The van der Waals surface area contributed by atoms with Crippen molar-refractivity contribution in [3.8, 4) is 0 Å². The second kappa shape index (κ2) is 4.84. The Kier molecular flexibility index (Phi) is 3.25. The normalized spacial score (nSPS) is 18.8. The summed E-state index contributed by atoms with van der Waals surface area (Å²) in [5.74, 6) is 0. The Morgan fingerprint density at radius 1 is 1.50 bits per heavy atom. The third-order valence-electron chi connectivity index (χ3n) is 2.78. The fraction of sp³-hybridized carbons (Fsp3) is 0.308. The third-order valence-corrected chi connectivity index (χ3v) is 2.78. The summed E-state index contributed by atoms with van der Waals surface area (Å²) in [4.78, 5) is 13.3. The van der Waals surface area contributed by atoms with Gasteiger partial charge in [0.05, 0.1) is 6.04 Å². The first-order chi connectivity index (χ1) is 7.81. The first-order valence-corrected chi connectivity index (χ1v) is 5.41. The number of rotatable bonds is 3. The van der Waals surface area contributed by atoms with Crippen molar-refractivity contribution in [3.05, 3.63) is 48.6 Å². The van der Waals surface area contributed by atoms with E-state index in [-0.39, 0.29) is 12.1 Å². The number of nitrogens with zero attached hydrogens (tertiary/aromatic N) is 1. The van der Waals surface area contributed by atoms with Crippen LogP contribution in [0.3, 0.4) is 0 Å². The minimum absolute atomic E-state index is 0.156. The van der Waals surface area contributed by atoms with E-state index in [2.05, 4.69) is 6.58 Å². The second-order valence-electron chi connectivity index (χ2n) is 3.83. The number of amides is 1. The molecular formula is C13H15NO2. The monoisotopic (exact) mass is 217 g/mol. The Morgan fingerprint density at radius 2 is 2.25 bits per heavy atom. The van der Waals surface area contributed by atoms with Crippen LogP contribution in [0.5, 0.6) is 0 Å². The van der Waals surface area contributed by atoms with Crippen molar-refractivity contribution in [2.75, 3.05) is 6.54 Å². The van der Waals surface area contributed by atoms with Crippen molar-refractivity contribution < 1.29 is 9.53 Å². The summed E-state index contributed by atoms with van der Waals surface area (Å²) >= 11 is 0. The second-order valence-corrected chi connectivity index (χ2v) is 3.83. The highest BCUT2D eigenvalue weighted by molar-refractivity contribution is 5.69. The summed E-state index contributed by atoms with van der Waals surface area (Å²) in [6.45, 7) is 4.79. The quantitative estimate of drug-likeness (QED) is 0.728. The third kappa shape index (κ3) is 2.24. The molecular weight excluding hydrogens is 202 g/mol. The van der Waals surface area contributed by atoms with E-state index in [0.717, 1.165) is 18.5 Å². The first-order valence-electron chi connectivity index (χ1n) is 5.41. The Morgan fingerprint density at radius 3 is 2.81 bits per heavy atom. The lowest BCUT2D eigenvalue weighted by Gasteiger charge is -2.37. The maximum absolute atomic E-state index is 11.6. The SMILES string of the molecule is C=CC1CCN1C(=O)OCc1ccccc1. The Balaban J connectivity index is 1.82. The van der Waals surface area contributed by atoms with Crippen LogP contribution in [0.1, 0.15) is 12.0 Å². The summed E-state index contributed by atoms with van der Waals surface area (Å²) in [7, 11) is 0. The van der Waals surface area contributed by atoms with E-state index < -0.39 is 0 Å². The molecule has 16 heavy (non-hydrogen) atoms. The van der Waals surface area contributed by atoms with Crippen molar-refractivity contribution in [3.63, 3.8) is 0 Å². The topological polar surface area (TPSA) is 29.5 Å². The Labute approximate surface area is 95.3 Å². The molecule has 3 nitrogen and oxygen atoms in total. The molecule has 0 radical (unpaired) electrons. The standard InChI is InChI=1S/C13H15NO2/c1-2-12-8-9-14(12)13(15)16-10-11-6-4-3-5-7-11/h2-7,12H,1,8-10H2. The van der Waals surface area contributed by atoms with Crippen molar-refractivity contribution >= 4 is 6.09 Å². The van der Waals surface area contributed by atoms with Crippen molar-refractivity contribution in [1.29, 1.82) is 0 Å². The number of carbonyl (C=O) groups is 1. The molecule has 1 atom stereocenters. The average Bonchev–Trinajstić information content (AvgIpc) is 2.27. The zero-order valence-corrected chi connectivity index (χ0v) is 9.13. The van der Waals surface area contributed by atoms with Crippen molar-refractivity contribution in [2.24, 2.45) is 0 Å². The molecule has 1 heterocycles. The van der Waals surface area contributed by atoms with Gasteiger partial charge in [-0.15, -0.1) is 6.58 Å². The predicted molar refractivity (Wildman–Crippen MR) is 61.9 cm³/mol. The summed E-state index contributed by atoms with van der Waals surface area (Å²) in [6.07, 6.45) is 2.53. The van der Waals surface area contributed by atoms with E-state index in [1.54, 1.807) is 11.0 Å². The largest absolute Gasteiger partial charge is 0.445 e. The van der Waals surface area contributed by atoms with Gasteiger partial charge < -0.3 is 9.64 Å². The molecule has 3 heteroatoms. The highest BCUT2D eigenvalue weighted by Gasteiger charge is 2.30. The Bertz CT molecular complexity index is 375. The Hall–Kier alpha value is -1.77. The van der Waals surface area contributed by atoms with Gasteiger partial charge in [-0.2, -0.15) is 0 Å². The minimum Gasteiger partial charge on any atom is -0.445 e. The van der Waals surface area contributed by atoms with Crippen LogP contribution in [0, 0.1) is 0 Å². The highest BCUT2D eigenvalue weighted by atomic mass is 16.6. The smallest absolute Gasteiger partial charge is 0.410 e. The number of hydrogen-bond acceptors (Lipinski definition) is 2. The lowest BCUT2D eigenvalue weighted by atomic mass is 10.1. The van der Waals surface area contributed by atoms with Gasteiger partial charge in [-0.25, -0.2) is 4.79 Å². The average molecular weight is 217 g/mol. The zero-order chi connectivity index (χ0) is 11.4. The van der Waals surface area contributed by atoms with Crippen LogP contribution in [0.4, 0.5) is 4.79 Å². The fourth-order valence-electron chi connectivity index (χ4n) is 1.68. The molecule has 1 saturated heterocycles. The molecule has 0 N–H and O–H groups in total. The highest BCUT2D eigenvalue weighted by Crippen LogP contribution is 2.19. The van der Waals surface area contributed by atoms with Crippen LogP contribution in [0.15, 0.2) is 43.0 Å². The van der Waals surface area contributed by atoms with Gasteiger partial charge in [0.25, 0.3) is 0 Å². The van der Waals surface area contributed by atoms with Crippen molar-refractivity contribution in [1.82, 2.24) is 4.90 Å². The molecule has 0 saturated carbocycles. The van der Waals surface area contributed by atoms with Crippen LogP contribution in [-0.4, -0.2) is 23.6 Å². The molecule has 0 spiro atoms.